The van der Waals surface area contributed by atoms with Crippen molar-refractivity contribution in [2.24, 2.45) is 0 Å². The second-order valence-corrected chi connectivity index (χ2v) is 8.06. The van der Waals surface area contributed by atoms with Crippen molar-refractivity contribution in [2.45, 2.75) is 19.4 Å². The number of rotatable bonds is 5. The minimum absolute atomic E-state index is 0.0412. The molecule has 33 heavy (non-hydrogen) atoms. The van der Waals surface area contributed by atoms with E-state index in [1.165, 1.54) is 30.2 Å². The summed E-state index contributed by atoms with van der Waals surface area (Å²) in [5.74, 6) is -1.63. The van der Waals surface area contributed by atoms with E-state index < -0.39 is 23.5 Å². The summed E-state index contributed by atoms with van der Waals surface area (Å²) in [6.07, 6.45) is 0.828. The molecule has 0 bridgehead atoms. The molecule has 1 atom stereocenters. The zero-order valence-corrected chi connectivity index (χ0v) is 18.8. The van der Waals surface area contributed by atoms with Crippen LogP contribution in [0.2, 0.25) is 5.02 Å². The zero-order chi connectivity index (χ0) is 23.7. The van der Waals surface area contributed by atoms with Gasteiger partial charge in [-0.15, -0.1) is 0 Å². The van der Waals surface area contributed by atoms with Crippen LogP contribution in [0.5, 0.6) is 11.5 Å². The average Bonchev–Trinajstić information content (AvgIpc) is 3.09. The van der Waals surface area contributed by atoms with Crippen LogP contribution >= 0.6 is 11.6 Å². The molecule has 6 nitrogen and oxygen atoms in total. The largest absolute Gasteiger partial charge is 0.508 e. The zero-order valence-electron chi connectivity index (χ0n) is 18.1. The normalized spacial score (nSPS) is 17.4. The standard InChI is InChI=1S/C26H22ClNO5/c1-3-15-4-9-18(10-5-15)28-23(16-6-11-19(29)12-7-16)22(25(31)26(28)32)24(30)20-14-17(27)8-13-21(20)33-2/h4-14,23,29-30H,3H2,1-2H3/b24-22+. The lowest BCUT2D eigenvalue weighted by Crippen LogP contribution is -2.29. The molecule has 1 aliphatic heterocycles. The minimum Gasteiger partial charge on any atom is -0.508 e. The smallest absolute Gasteiger partial charge is 0.300 e. The number of carbonyl (C=O) groups is 2. The minimum atomic E-state index is -0.915. The quantitative estimate of drug-likeness (QED) is 0.307. The number of nitrogens with zero attached hydrogens (tertiary/aromatic N) is 1. The number of hydrogen-bond donors (Lipinski definition) is 2. The van der Waals surface area contributed by atoms with Gasteiger partial charge >= 0.3 is 0 Å². The summed E-state index contributed by atoms with van der Waals surface area (Å²) in [7, 11) is 1.44. The second kappa shape index (κ2) is 9.00. The van der Waals surface area contributed by atoms with E-state index in [4.69, 9.17) is 16.3 Å². The van der Waals surface area contributed by atoms with Crippen molar-refractivity contribution >= 4 is 34.7 Å². The Balaban J connectivity index is 1.96. The summed E-state index contributed by atoms with van der Waals surface area (Å²) in [6.45, 7) is 2.02. The average molecular weight is 464 g/mol. The molecule has 7 heteroatoms. The molecule has 0 saturated carbocycles. The van der Waals surface area contributed by atoms with Gasteiger partial charge in [-0.2, -0.15) is 0 Å². The van der Waals surface area contributed by atoms with Crippen molar-refractivity contribution in [1.29, 1.82) is 0 Å². The molecule has 1 heterocycles. The third kappa shape index (κ3) is 4.05. The van der Waals surface area contributed by atoms with Crippen molar-refractivity contribution in [1.82, 2.24) is 0 Å². The highest BCUT2D eigenvalue weighted by Crippen LogP contribution is 2.43. The van der Waals surface area contributed by atoms with E-state index in [1.807, 2.05) is 19.1 Å². The number of aromatic hydroxyl groups is 1. The monoisotopic (exact) mass is 463 g/mol. The fraction of sp³-hybridized carbons (Fsp3) is 0.154. The molecule has 0 spiro atoms. The Morgan fingerprint density at radius 1 is 1.03 bits per heavy atom. The highest BCUT2D eigenvalue weighted by molar-refractivity contribution is 6.51. The number of carbonyl (C=O) groups excluding carboxylic acids is 2. The number of amides is 1. The molecule has 1 saturated heterocycles. The SMILES string of the molecule is CCc1ccc(N2C(=O)C(=O)/C(=C(/O)c3cc(Cl)ccc3OC)C2c2ccc(O)cc2)cc1. The Kier molecular flexibility index (Phi) is 6.11. The summed E-state index contributed by atoms with van der Waals surface area (Å²) in [4.78, 5) is 27.8. The van der Waals surface area contributed by atoms with Crippen LogP contribution < -0.4 is 9.64 Å². The Hall–Kier alpha value is -3.77. The maximum atomic E-state index is 13.2. The van der Waals surface area contributed by atoms with Gasteiger partial charge in [0.05, 0.1) is 24.3 Å². The van der Waals surface area contributed by atoms with Crippen LogP contribution in [-0.4, -0.2) is 29.0 Å². The molecule has 1 unspecified atom stereocenters. The van der Waals surface area contributed by atoms with Crippen molar-refractivity contribution in [3.63, 3.8) is 0 Å². The summed E-state index contributed by atoms with van der Waals surface area (Å²) in [6, 6.07) is 17.2. The molecular weight excluding hydrogens is 442 g/mol. The number of aliphatic hydroxyl groups is 1. The molecule has 2 N–H and O–H groups in total. The first kappa shape index (κ1) is 22.4. The van der Waals surface area contributed by atoms with Gasteiger partial charge in [0.1, 0.15) is 17.3 Å². The summed E-state index contributed by atoms with van der Waals surface area (Å²) < 4.78 is 5.34. The first-order valence-electron chi connectivity index (χ1n) is 10.4. The Morgan fingerprint density at radius 3 is 2.30 bits per heavy atom. The summed E-state index contributed by atoms with van der Waals surface area (Å²) >= 11 is 6.13. The van der Waals surface area contributed by atoms with Crippen LogP contribution in [0.1, 0.15) is 29.7 Å². The second-order valence-electron chi connectivity index (χ2n) is 7.63. The van der Waals surface area contributed by atoms with Gasteiger partial charge in [0.2, 0.25) is 0 Å². The number of halogens is 1. The molecule has 1 amide bonds. The van der Waals surface area contributed by atoms with E-state index >= 15 is 0 Å². The van der Waals surface area contributed by atoms with Crippen LogP contribution in [0.25, 0.3) is 5.76 Å². The van der Waals surface area contributed by atoms with Crippen LogP contribution in [0.3, 0.4) is 0 Å². The molecular formula is C26H22ClNO5. The van der Waals surface area contributed by atoms with Gasteiger partial charge < -0.3 is 14.9 Å². The predicted octanol–water partition coefficient (Wildman–Crippen LogP) is 5.24. The molecule has 0 aliphatic carbocycles. The van der Waals surface area contributed by atoms with Gasteiger partial charge in [-0.05, 0) is 60.0 Å². The lowest BCUT2D eigenvalue weighted by atomic mass is 9.94. The lowest BCUT2D eigenvalue weighted by Gasteiger charge is -2.25. The number of Topliss-reactive ketones (excluding diaryl/α,β-unsaturated/α-hetero) is 1. The lowest BCUT2D eigenvalue weighted by molar-refractivity contribution is -0.132. The van der Waals surface area contributed by atoms with Gasteiger partial charge in [0.25, 0.3) is 11.7 Å². The Labute approximate surface area is 196 Å². The topological polar surface area (TPSA) is 87.1 Å². The van der Waals surface area contributed by atoms with E-state index in [1.54, 1.807) is 36.4 Å². The number of phenolic OH excluding ortho intramolecular Hbond substituents is 1. The highest BCUT2D eigenvalue weighted by atomic mass is 35.5. The number of phenols is 1. The first-order chi connectivity index (χ1) is 15.8. The van der Waals surface area contributed by atoms with Gasteiger partial charge in [0, 0.05) is 10.7 Å². The van der Waals surface area contributed by atoms with Crippen LogP contribution in [0, 0.1) is 0 Å². The van der Waals surface area contributed by atoms with Crippen molar-refractivity contribution in [3.05, 3.63) is 94.0 Å². The maximum absolute atomic E-state index is 13.2. The van der Waals surface area contributed by atoms with E-state index in [0.717, 1.165) is 12.0 Å². The van der Waals surface area contributed by atoms with Crippen molar-refractivity contribution in [3.8, 4) is 11.5 Å². The Morgan fingerprint density at radius 2 is 1.70 bits per heavy atom. The van der Waals surface area contributed by atoms with Gasteiger partial charge in [-0.1, -0.05) is 42.8 Å². The number of anilines is 1. The highest BCUT2D eigenvalue weighted by Gasteiger charge is 2.47. The molecule has 1 aliphatic rings. The fourth-order valence-corrected chi connectivity index (χ4v) is 4.15. The molecule has 3 aromatic rings. The van der Waals surface area contributed by atoms with E-state index in [0.29, 0.717) is 22.0 Å². The first-order valence-corrected chi connectivity index (χ1v) is 10.8. The van der Waals surface area contributed by atoms with Crippen molar-refractivity contribution in [2.75, 3.05) is 12.0 Å². The maximum Gasteiger partial charge on any atom is 0.300 e. The molecule has 4 rings (SSSR count). The van der Waals surface area contributed by atoms with Gasteiger partial charge in [-0.25, -0.2) is 0 Å². The fourth-order valence-electron chi connectivity index (χ4n) is 3.97. The summed E-state index contributed by atoms with van der Waals surface area (Å²) in [5, 5.41) is 21.4. The number of benzene rings is 3. The predicted molar refractivity (Wildman–Crippen MR) is 127 cm³/mol. The molecule has 0 aromatic heterocycles. The van der Waals surface area contributed by atoms with Crippen LogP contribution in [0.15, 0.2) is 72.3 Å². The number of ether oxygens (including phenoxy) is 1. The number of hydrogen-bond acceptors (Lipinski definition) is 5. The van der Waals surface area contributed by atoms with E-state index in [9.17, 15) is 19.8 Å². The van der Waals surface area contributed by atoms with E-state index in [-0.39, 0.29) is 16.9 Å². The molecule has 3 aromatic carbocycles. The number of aliphatic hydroxyl groups excluding tert-OH is 1. The third-order valence-corrected chi connectivity index (χ3v) is 5.93. The summed E-state index contributed by atoms with van der Waals surface area (Å²) in [5.41, 5.74) is 2.26. The number of ketones is 1. The molecule has 168 valence electrons. The third-order valence-electron chi connectivity index (χ3n) is 5.69. The number of methoxy groups -OCH3 is 1. The van der Waals surface area contributed by atoms with Crippen molar-refractivity contribution < 1.29 is 24.5 Å². The Bertz CT molecular complexity index is 1250. The van der Waals surface area contributed by atoms with Gasteiger partial charge in [0.15, 0.2) is 0 Å². The van der Waals surface area contributed by atoms with Crippen LogP contribution in [-0.2, 0) is 16.0 Å². The number of aryl methyl sites for hydroxylation is 1. The molecule has 0 radical (unpaired) electrons. The van der Waals surface area contributed by atoms with Crippen LogP contribution in [0.4, 0.5) is 5.69 Å². The van der Waals surface area contributed by atoms with Gasteiger partial charge in [-0.3, -0.25) is 14.5 Å². The molecule has 1 fully saturated rings. The van der Waals surface area contributed by atoms with E-state index in [2.05, 4.69) is 0 Å².